The zero-order chi connectivity index (χ0) is 12.8. The quantitative estimate of drug-likeness (QED) is 0.824. The lowest BCUT2D eigenvalue weighted by Crippen LogP contribution is -2.31. The Hall–Kier alpha value is -1.32. The fourth-order valence-corrected chi connectivity index (χ4v) is 1.85. The zero-order valence-corrected chi connectivity index (χ0v) is 11.6. The van der Waals surface area contributed by atoms with E-state index in [9.17, 15) is 0 Å². The lowest BCUT2D eigenvalue weighted by atomic mass is 10.3. The Bertz CT molecular complexity index is 349. The summed E-state index contributed by atoms with van der Waals surface area (Å²) in [6.07, 6.45) is 0.863. The van der Waals surface area contributed by atoms with Gasteiger partial charge in [0, 0.05) is 31.6 Å². The van der Waals surface area contributed by atoms with Crippen LogP contribution in [0.15, 0.2) is 6.07 Å². The molecule has 1 aromatic rings. The van der Waals surface area contributed by atoms with E-state index in [4.69, 9.17) is 0 Å². The first-order valence-electron chi connectivity index (χ1n) is 6.50. The zero-order valence-electron chi connectivity index (χ0n) is 11.6. The largest absolute Gasteiger partial charge is 0.370 e. The minimum absolute atomic E-state index is 0.453. The third-order valence-electron chi connectivity index (χ3n) is 2.69. The van der Waals surface area contributed by atoms with E-state index in [1.54, 1.807) is 0 Å². The van der Waals surface area contributed by atoms with Crippen molar-refractivity contribution in [3.8, 4) is 0 Å². The standard InChI is InChI=1S/C13H24N4/c1-6-11-15-12(14-7-2)9-13(16-11)17(8-3)10(4)5/h9-10H,6-8H2,1-5H3,(H,14,15,16). The van der Waals surface area contributed by atoms with Gasteiger partial charge in [-0.15, -0.1) is 0 Å². The topological polar surface area (TPSA) is 41.0 Å². The second-order valence-electron chi connectivity index (χ2n) is 4.29. The predicted molar refractivity (Wildman–Crippen MR) is 73.7 cm³/mol. The number of anilines is 2. The molecule has 96 valence electrons. The van der Waals surface area contributed by atoms with Gasteiger partial charge in [-0.3, -0.25) is 0 Å². The minimum atomic E-state index is 0.453. The highest BCUT2D eigenvalue weighted by Gasteiger charge is 2.12. The van der Waals surface area contributed by atoms with Crippen LogP contribution in [0.5, 0.6) is 0 Å². The molecule has 0 atom stereocenters. The lowest BCUT2D eigenvalue weighted by Gasteiger charge is -2.27. The Morgan fingerprint density at radius 3 is 2.41 bits per heavy atom. The van der Waals surface area contributed by atoms with E-state index in [-0.39, 0.29) is 0 Å². The van der Waals surface area contributed by atoms with Crippen LogP contribution in [0, 0.1) is 0 Å². The summed E-state index contributed by atoms with van der Waals surface area (Å²) in [6, 6.07) is 2.49. The van der Waals surface area contributed by atoms with Crippen molar-refractivity contribution in [2.75, 3.05) is 23.3 Å². The molecule has 0 saturated carbocycles. The Morgan fingerprint density at radius 1 is 1.24 bits per heavy atom. The Balaban J connectivity index is 3.08. The molecule has 0 aliphatic carbocycles. The molecule has 0 radical (unpaired) electrons. The monoisotopic (exact) mass is 236 g/mol. The molecule has 0 aliphatic rings. The van der Waals surface area contributed by atoms with Gasteiger partial charge >= 0.3 is 0 Å². The first-order chi connectivity index (χ1) is 8.12. The van der Waals surface area contributed by atoms with Crippen molar-refractivity contribution in [3.05, 3.63) is 11.9 Å². The van der Waals surface area contributed by atoms with Crippen molar-refractivity contribution in [1.29, 1.82) is 0 Å². The molecule has 0 bridgehead atoms. The normalized spacial score (nSPS) is 10.7. The molecule has 0 unspecified atom stereocenters. The molecule has 1 N–H and O–H groups in total. The maximum Gasteiger partial charge on any atom is 0.134 e. The predicted octanol–water partition coefficient (Wildman–Crippen LogP) is 2.71. The van der Waals surface area contributed by atoms with Crippen LogP contribution in [-0.2, 0) is 6.42 Å². The highest BCUT2D eigenvalue weighted by Crippen LogP contribution is 2.18. The van der Waals surface area contributed by atoms with E-state index >= 15 is 0 Å². The molecule has 0 spiro atoms. The number of aromatic nitrogens is 2. The van der Waals surface area contributed by atoms with Gasteiger partial charge in [0.15, 0.2) is 0 Å². The number of hydrogen-bond acceptors (Lipinski definition) is 4. The lowest BCUT2D eigenvalue weighted by molar-refractivity contribution is 0.688. The van der Waals surface area contributed by atoms with E-state index in [1.165, 1.54) is 0 Å². The Morgan fingerprint density at radius 2 is 1.94 bits per heavy atom. The van der Waals surface area contributed by atoms with Crippen LogP contribution in [0.1, 0.15) is 40.4 Å². The van der Waals surface area contributed by atoms with Crippen LogP contribution < -0.4 is 10.2 Å². The summed E-state index contributed by atoms with van der Waals surface area (Å²) in [5.41, 5.74) is 0. The van der Waals surface area contributed by atoms with Crippen LogP contribution in [0.4, 0.5) is 11.6 Å². The van der Waals surface area contributed by atoms with E-state index in [1.807, 2.05) is 6.07 Å². The number of aryl methyl sites for hydroxylation is 1. The van der Waals surface area contributed by atoms with E-state index in [2.05, 4.69) is 54.8 Å². The van der Waals surface area contributed by atoms with E-state index in [0.29, 0.717) is 6.04 Å². The maximum atomic E-state index is 4.60. The number of nitrogens with zero attached hydrogens (tertiary/aromatic N) is 3. The first kappa shape index (κ1) is 13.7. The van der Waals surface area contributed by atoms with Gasteiger partial charge in [0.2, 0.25) is 0 Å². The molecule has 4 nitrogen and oxygen atoms in total. The van der Waals surface area contributed by atoms with Gasteiger partial charge in [-0.1, -0.05) is 6.92 Å². The molecule has 0 amide bonds. The van der Waals surface area contributed by atoms with Crippen molar-refractivity contribution < 1.29 is 0 Å². The van der Waals surface area contributed by atoms with Crippen molar-refractivity contribution >= 4 is 11.6 Å². The third kappa shape index (κ3) is 3.58. The summed E-state index contributed by atoms with van der Waals surface area (Å²) >= 11 is 0. The average molecular weight is 236 g/mol. The fourth-order valence-electron chi connectivity index (χ4n) is 1.85. The molecule has 4 heteroatoms. The van der Waals surface area contributed by atoms with Gasteiger partial charge in [0.05, 0.1) is 0 Å². The van der Waals surface area contributed by atoms with Gasteiger partial charge in [-0.05, 0) is 27.7 Å². The molecular weight excluding hydrogens is 212 g/mol. The number of rotatable bonds is 6. The van der Waals surface area contributed by atoms with Gasteiger partial charge in [0.1, 0.15) is 17.5 Å². The molecule has 0 aromatic carbocycles. The van der Waals surface area contributed by atoms with Gasteiger partial charge in [-0.2, -0.15) is 0 Å². The summed E-state index contributed by atoms with van der Waals surface area (Å²) in [5.74, 6) is 2.84. The minimum Gasteiger partial charge on any atom is -0.370 e. The first-order valence-corrected chi connectivity index (χ1v) is 6.50. The molecule has 1 aromatic heterocycles. The Labute approximate surface area is 104 Å². The van der Waals surface area contributed by atoms with Crippen LogP contribution >= 0.6 is 0 Å². The number of hydrogen-bond donors (Lipinski definition) is 1. The number of nitrogens with one attached hydrogen (secondary N) is 1. The van der Waals surface area contributed by atoms with E-state index < -0.39 is 0 Å². The molecule has 0 saturated heterocycles. The molecule has 1 rings (SSSR count). The summed E-state index contributed by atoms with van der Waals surface area (Å²) in [7, 11) is 0. The highest BCUT2D eigenvalue weighted by atomic mass is 15.2. The fraction of sp³-hybridized carbons (Fsp3) is 0.692. The second kappa shape index (κ2) is 6.42. The van der Waals surface area contributed by atoms with Crippen molar-refractivity contribution in [3.63, 3.8) is 0 Å². The smallest absolute Gasteiger partial charge is 0.134 e. The highest BCUT2D eigenvalue weighted by molar-refractivity contribution is 5.49. The molecule has 17 heavy (non-hydrogen) atoms. The molecule has 0 aliphatic heterocycles. The summed E-state index contributed by atoms with van der Waals surface area (Å²) < 4.78 is 0. The van der Waals surface area contributed by atoms with Crippen molar-refractivity contribution in [1.82, 2.24) is 9.97 Å². The third-order valence-corrected chi connectivity index (χ3v) is 2.69. The summed E-state index contributed by atoms with van der Waals surface area (Å²) in [5, 5.41) is 3.26. The maximum absolute atomic E-state index is 4.60. The molecular formula is C13H24N4. The van der Waals surface area contributed by atoms with Gasteiger partial charge in [0.25, 0.3) is 0 Å². The summed E-state index contributed by atoms with van der Waals surface area (Å²) in [6.45, 7) is 12.5. The van der Waals surface area contributed by atoms with Crippen molar-refractivity contribution in [2.45, 2.75) is 47.1 Å². The van der Waals surface area contributed by atoms with Gasteiger partial charge in [-0.25, -0.2) is 9.97 Å². The molecule has 0 fully saturated rings. The Kier molecular flexibility index (Phi) is 5.19. The van der Waals surface area contributed by atoms with Crippen LogP contribution in [0.25, 0.3) is 0 Å². The van der Waals surface area contributed by atoms with E-state index in [0.717, 1.165) is 37.0 Å². The van der Waals surface area contributed by atoms with Crippen LogP contribution in [-0.4, -0.2) is 29.1 Å². The van der Waals surface area contributed by atoms with Gasteiger partial charge < -0.3 is 10.2 Å². The summed E-state index contributed by atoms with van der Waals surface area (Å²) in [4.78, 5) is 11.3. The van der Waals surface area contributed by atoms with Crippen molar-refractivity contribution in [2.24, 2.45) is 0 Å². The molecule has 1 heterocycles. The SMILES string of the molecule is CCNc1cc(N(CC)C(C)C)nc(CC)n1. The van der Waals surface area contributed by atoms with Crippen LogP contribution in [0.2, 0.25) is 0 Å². The average Bonchev–Trinajstić information content (AvgIpc) is 2.29. The van der Waals surface area contributed by atoms with Crippen LogP contribution in [0.3, 0.4) is 0 Å². The second-order valence-corrected chi connectivity index (χ2v) is 4.29.